The SMILES string of the molecule is C=C(c1ccccc1)C1OOC2(C)OCCC1O2. The number of hydrogen-bond donors (Lipinski definition) is 0. The first-order valence-electron chi connectivity index (χ1n) is 6.08. The molecule has 18 heavy (non-hydrogen) atoms. The van der Waals surface area contributed by atoms with Crippen molar-refractivity contribution in [2.24, 2.45) is 0 Å². The van der Waals surface area contributed by atoms with E-state index >= 15 is 0 Å². The second kappa shape index (κ2) is 4.48. The third kappa shape index (κ3) is 2.08. The van der Waals surface area contributed by atoms with E-state index in [-0.39, 0.29) is 12.2 Å². The molecule has 2 aliphatic heterocycles. The number of hydrogen-bond acceptors (Lipinski definition) is 4. The van der Waals surface area contributed by atoms with Crippen LogP contribution in [0.5, 0.6) is 0 Å². The van der Waals surface area contributed by atoms with Crippen LogP contribution in [0.3, 0.4) is 0 Å². The Morgan fingerprint density at radius 2 is 2.11 bits per heavy atom. The molecule has 2 saturated heterocycles. The molecule has 4 heteroatoms. The van der Waals surface area contributed by atoms with E-state index in [9.17, 15) is 0 Å². The maximum atomic E-state index is 5.73. The van der Waals surface area contributed by atoms with Gasteiger partial charge in [-0.2, -0.15) is 4.89 Å². The molecule has 4 nitrogen and oxygen atoms in total. The first-order chi connectivity index (χ1) is 8.68. The topological polar surface area (TPSA) is 36.9 Å². The van der Waals surface area contributed by atoms with E-state index in [2.05, 4.69) is 6.58 Å². The van der Waals surface area contributed by atoms with Crippen molar-refractivity contribution in [1.82, 2.24) is 0 Å². The molecule has 0 spiro atoms. The zero-order valence-electron chi connectivity index (χ0n) is 10.3. The van der Waals surface area contributed by atoms with Crippen LogP contribution in [0.4, 0.5) is 0 Å². The molecule has 0 radical (unpaired) electrons. The van der Waals surface area contributed by atoms with Crippen molar-refractivity contribution in [3.63, 3.8) is 0 Å². The third-order valence-corrected chi connectivity index (χ3v) is 3.26. The van der Waals surface area contributed by atoms with Crippen molar-refractivity contribution in [2.75, 3.05) is 6.61 Å². The van der Waals surface area contributed by atoms with Crippen molar-refractivity contribution in [1.29, 1.82) is 0 Å². The molecule has 2 aliphatic rings. The van der Waals surface area contributed by atoms with Gasteiger partial charge >= 0.3 is 5.97 Å². The van der Waals surface area contributed by atoms with Gasteiger partial charge in [-0.3, -0.25) is 0 Å². The fourth-order valence-electron chi connectivity index (χ4n) is 2.29. The normalized spacial score (nSPS) is 35.2. The molecule has 2 bridgehead atoms. The minimum atomic E-state index is -1.07. The summed E-state index contributed by atoms with van der Waals surface area (Å²) in [5, 5.41) is 0. The van der Waals surface area contributed by atoms with Crippen LogP contribution in [0.15, 0.2) is 36.9 Å². The molecule has 0 aliphatic carbocycles. The highest BCUT2D eigenvalue weighted by atomic mass is 17.3. The molecule has 3 rings (SSSR count). The Labute approximate surface area is 106 Å². The highest BCUT2D eigenvalue weighted by Gasteiger charge is 2.46. The minimum Gasteiger partial charge on any atom is -0.326 e. The first-order valence-corrected chi connectivity index (χ1v) is 6.08. The standard InChI is InChI=1S/C14H16O4/c1-10(11-6-4-3-5-7-11)13-12-8-9-15-14(2,16-12)18-17-13/h3-7,12-13H,1,8-9H2,2H3. The molecule has 1 aromatic rings. The van der Waals surface area contributed by atoms with E-state index in [0.717, 1.165) is 17.6 Å². The summed E-state index contributed by atoms with van der Waals surface area (Å²) < 4.78 is 11.1. The number of ether oxygens (including phenoxy) is 2. The van der Waals surface area contributed by atoms with Crippen molar-refractivity contribution >= 4 is 5.57 Å². The summed E-state index contributed by atoms with van der Waals surface area (Å²) in [7, 11) is 0. The Hall–Kier alpha value is -1.20. The molecule has 1 aromatic carbocycles. The largest absolute Gasteiger partial charge is 0.326 e. The summed E-state index contributed by atoms with van der Waals surface area (Å²) in [4.78, 5) is 10.6. The Morgan fingerprint density at radius 1 is 1.33 bits per heavy atom. The predicted molar refractivity (Wildman–Crippen MR) is 65.3 cm³/mol. The average molecular weight is 248 g/mol. The molecule has 3 unspecified atom stereocenters. The van der Waals surface area contributed by atoms with E-state index < -0.39 is 5.97 Å². The lowest BCUT2D eigenvalue weighted by molar-refractivity contribution is -0.566. The molecule has 0 N–H and O–H groups in total. The number of fused-ring (bicyclic) bond motifs is 2. The highest BCUT2D eigenvalue weighted by Crippen LogP contribution is 2.36. The molecular weight excluding hydrogens is 232 g/mol. The van der Waals surface area contributed by atoms with Gasteiger partial charge in [0.2, 0.25) is 0 Å². The molecule has 0 saturated carbocycles. The Balaban J connectivity index is 1.79. The van der Waals surface area contributed by atoms with Crippen LogP contribution in [0.2, 0.25) is 0 Å². The van der Waals surface area contributed by atoms with Crippen LogP contribution >= 0.6 is 0 Å². The van der Waals surface area contributed by atoms with Gasteiger partial charge in [0.25, 0.3) is 0 Å². The smallest absolute Gasteiger partial charge is 0.309 e. The Morgan fingerprint density at radius 3 is 2.89 bits per heavy atom. The van der Waals surface area contributed by atoms with E-state index in [4.69, 9.17) is 19.2 Å². The molecule has 0 amide bonds. The van der Waals surface area contributed by atoms with Crippen molar-refractivity contribution < 1.29 is 19.2 Å². The van der Waals surface area contributed by atoms with Gasteiger partial charge in [-0.05, 0) is 11.1 Å². The van der Waals surface area contributed by atoms with Gasteiger partial charge < -0.3 is 9.47 Å². The number of rotatable bonds is 2. The maximum absolute atomic E-state index is 5.73. The predicted octanol–water partition coefficient (Wildman–Crippen LogP) is 2.51. The average Bonchev–Trinajstić information content (AvgIpc) is 2.39. The molecule has 2 fully saturated rings. The van der Waals surface area contributed by atoms with Crippen molar-refractivity contribution in [3.05, 3.63) is 42.5 Å². The zero-order valence-corrected chi connectivity index (χ0v) is 10.3. The van der Waals surface area contributed by atoms with E-state index in [1.54, 1.807) is 6.92 Å². The van der Waals surface area contributed by atoms with Gasteiger partial charge in [-0.15, -0.1) is 0 Å². The van der Waals surface area contributed by atoms with Crippen LogP contribution in [0, 0.1) is 0 Å². The fraction of sp³-hybridized carbons (Fsp3) is 0.429. The van der Waals surface area contributed by atoms with Gasteiger partial charge in [0.1, 0.15) is 6.10 Å². The summed E-state index contributed by atoms with van der Waals surface area (Å²) in [5.74, 6) is -1.07. The van der Waals surface area contributed by atoms with Crippen LogP contribution in [-0.2, 0) is 19.2 Å². The summed E-state index contributed by atoms with van der Waals surface area (Å²) in [5.41, 5.74) is 1.90. The minimum absolute atomic E-state index is 0.0785. The summed E-state index contributed by atoms with van der Waals surface area (Å²) in [6.45, 7) is 6.40. The fourth-order valence-corrected chi connectivity index (χ4v) is 2.29. The first kappa shape index (κ1) is 11.9. The second-order valence-electron chi connectivity index (χ2n) is 4.65. The van der Waals surface area contributed by atoms with Gasteiger partial charge in [0, 0.05) is 13.3 Å². The van der Waals surface area contributed by atoms with Crippen LogP contribution in [0.1, 0.15) is 18.9 Å². The summed E-state index contributed by atoms with van der Waals surface area (Å²) in [6, 6.07) is 9.91. The highest BCUT2D eigenvalue weighted by molar-refractivity contribution is 5.67. The lowest BCUT2D eigenvalue weighted by atomic mass is 9.96. The van der Waals surface area contributed by atoms with Crippen LogP contribution < -0.4 is 0 Å². The maximum Gasteiger partial charge on any atom is 0.309 e. The Bertz CT molecular complexity index is 444. The lowest BCUT2D eigenvalue weighted by Gasteiger charge is -2.44. The van der Waals surface area contributed by atoms with Crippen LogP contribution in [0.25, 0.3) is 5.57 Å². The van der Waals surface area contributed by atoms with Crippen LogP contribution in [-0.4, -0.2) is 24.8 Å². The molecule has 96 valence electrons. The monoisotopic (exact) mass is 248 g/mol. The molecule has 3 atom stereocenters. The van der Waals surface area contributed by atoms with Gasteiger partial charge in [0.05, 0.1) is 12.7 Å². The zero-order chi connectivity index (χ0) is 12.6. The van der Waals surface area contributed by atoms with E-state index in [1.165, 1.54) is 0 Å². The molecule has 0 aromatic heterocycles. The summed E-state index contributed by atoms with van der Waals surface area (Å²) in [6.07, 6.45) is 0.407. The molecule has 2 heterocycles. The van der Waals surface area contributed by atoms with Gasteiger partial charge in [0.15, 0.2) is 0 Å². The summed E-state index contributed by atoms with van der Waals surface area (Å²) >= 11 is 0. The van der Waals surface area contributed by atoms with Crippen molar-refractivity contribution in [2.45, 2.75) is 31.5 Å². The third-order valence-electron chi connectivity index (χ3n) is 3.26. The van der Waals surface area contributed by atoms with Crippen molar-refractivity contribution in [3.8, 4) is 0 Å². The van der Waals surface area contributed by atoms with Gasteiger partial charge in [-0.25, -0.2) is 4.89 Å². The lowest BCUT2D eigenvalue weighted by Crippen LogP contribution is -2.54. The molecular formula is C14H16O4. The second-order valence-corrected chi connectivity index (χ2v) is 4.65. The van der Waals surface area contributed by atoms with E-state index in [1.807, 2.05) is 30.3 Å². The number of benzene rings is 1. The van der Waals surface area contributed by atoms with Gasteiger partial charge in [-0.1, -0.05) is 36.9 Å². The van der Waals surface area contributed by atoms with E-state index in [0.29, 0.717) is 6.61 Å². The Kier molecular flexibility index (Phi) is 2.95. The quantitative estimate of drug-likeness (QED) is 0.754.